The number of hydrazine groups is 1. The van der Waals surface area contributed by atoms with Crippen LogP contribution in [0.5, 0.6) is 0 Å². The Kier molecular flexibility index (Phi) is 4.02. The van der Waals surface area contributed by atoms with E-state index in [2.05, 4.69) is 17.6 Å². The second-order valence-electron chi connectivity index (χ2n) is 4.85. The Morgan fingerprint density at radius 3 is 2.76 bits per heavy atom. The molecule has 17 heavy (non-hydrogen) atoms. The number of hydrogen-bond acceptors (Lipinski definition) is 3. The molecule has 0 aliphatic heterocycles. The molecule has 1 unspecified atom stereocenters. The molecule has 3 N–H and O–H groups in total. The molecular weight excluding hydrogens is 212 g/mol. The summed E-state index contributed by atoms with van der Waals surface area (Å²) < 4.78 is 5.60. The molecule has 1 aliphatic carbocycles. The summed E-state index contributed by atoms with van der Waals surface area (Å²) >= 11 is 0. The van der Waals surface area contributed by atoms with Crippen LogP contribution in [-0.4, -0.2) is 0 Å². The van der Waals surface area contributed by atoms with Crippen LogP contribution in [0, 0.1) is 13.8 Å². The van der Waals surface area contributed by atoms with Gasteiger partial charge in [-0.3, -0.25) is 5.84 Å². The Bertz CT molecular complexity index is 406. The Balaban J connectivity index is 2.26. The lowest BCUT2D eigenvalue weighted by Crippen LogP contribution is -2.29. The molecule has 1 atom stereocenters. The zero-order chi connectivity index (χ0) is 12.3. The molecule has 0 spiro atoms. The first kappa shape index (κ1) is 12.4. The smallest absolute Gasteiger partial charge is 0.106 e. The largest absolute Gasteiger partial charge is 0.466 e. The maximum atomic E-state index is 5.73. The van der Waals surface area contributed by atoms with Gasteiger partial charge in [0.25, 0.3) is 0 Å². The van der Waals surface area contributed by atoms with Gasteiger partial charge in [0.2, 0.25) is 0 Å². The Labute approximate surface area is 103 Å². The third-order valence-electron chi connectivity index (χ3n) is 3.50. The van der Waals surface area contributed by atoms with Crippen molar-refractivity contribution in [1.82, 2.24) is 5.43 Å². The van der Waals surface area contributed by atoms with Crippen LogP contribution in [0.3, 0.4) is 0 Å². The molecule has 1 aromatic heterocycles. The number of nitrogens with two attached hydrogens (primary N) is 1. The molecule has 0 saturated carbocycles. The molecule has 0 bridgehead atoms. The second-order valence-corrected chi connectivity index (χ2v) is 4.85. The van der Waals surface area contributed by atoms with E-state index in [1.54, 1.807) is 0 Å². The van der Waals surface area contributed by atoms with Crippen molar-refractivity contribution >= 4 is 0 Å². The van der Waals surface area contributed by atoms with Crippen LogP contribution >= 0.6 is 0 Å². The zero-order valence-electron chi connectivity index (χ0n) is 10.8. The zero-order valence-corrected chi connectivity index (χ0v) is 10.8. The maximum Gasteiger partial charge on any atom is 0.106 e. The fourth-order valence-electron chi connectivity index (χ4n) is 2.64. The van der Waals surface area contributed by atoms with Crippen LogP contribution in [0.1, 0.15) is 55.2 Å². The van der Waals surface area contributed by atoms with Gasteiger partial charge in [-0.05, 0) is 45.6 Å². The first-order valence-corrected chi connectivity index (χ1v) is 6.44. The summed E-state index contributed by atoms with van der Waals surface area (Å²) in [4.78, 5) is 0. The molecule has 0 saturated heterocycles. The first-order valence-electron chi connectivity index (χ1n) is 6.44. The van der Waals surface area contributed by atoms with Crippen LogP contribution < -0.4 is 11.3 Å². The quantitative estimate of drug-likeness (QED) is 0.479. The van der Waals surface area contributed by atoms with Crippen molar-refractivity contribution in [3.8, 4) is 0 Å². The van der Waals surface area contributed by atoms with Crippen LogP contribution in [0.25, 0.3) is 0 Å². The van der Waals surface area contributed by atoms with Gasteiger partial charge in [0.1, 0.15) is 11.5 Å². The lowest BCUT2D eigenvalue weighted by atomic mass is 9.96. The van der Waals surface area contributed by atoms with Crippen molar-refractivity contribution in [1.29, 1.82) is 0 Å². The number of hydrogen-bond donors (Lipinski definition) is 2. The lowest BCUT2D eigenvalue weighted by Gasteiger charge is -2.18. The third-order valence-corrected chi connectivity index (χ3v) is 3.50. The van der Waals surface area contributed by atoms with E-state index in [4.69, 9.17) is 10.3 Å². The van der Waals surface area contributed by atoms with Crippen molar-refractivity contribution in [3.05, 3.63) is 34.8 Å². The summed E-state index contributed by atoms with van der Waals surface area (Å²) in [6, 6.07) is 2.21. The van der Waals surface area contributed by atoms with Gasteiger partial charge in [0.05, 0.1) is 6.04 Å². The van der Waals surface area contributed by atoms with Gasteiger partial charge in [-0.1, -0.05) is 18.1 Å². The minimum atomic E-state index is 0.116. The van der Waals surface area contributed by atoms with E-state index in [9.17, 15) is 0 Å². The molecule has 0 amide bonds. The van der Waals surface area contributed by atoms with E-state index >= 15 is 0 Å². The minimum Gasteiger partial charge on any atom is -0.466 e. The van der Waals surface area contributed by atoms with Gasteiger partial charge in [-0.15, -0.1) is 0 Å². The summed E-state index contributed by atoms with van der Waals surface area (Å²) in [6.45, 7) is 3.98. The van der Waals surface area contributed by atoms with E-state index < -0.39 is 0 Å². The highest BCUT2D eigenvalue weighted by molar-refractivity contribution is 5.31. The van der Waals surface area contributed by atoms with Crippen molar-refractivity contribution in [3.63, 3.8) is 0 Å². The number of aryl methyl sites for hydroxylation is 2. The lowest BCUT2D eigenvalue weighted by molar-refractivity contribution is 0.492. The van der Waals surface area contributed by atoms with Crippen LogP contribution in [0.2, 0.25) is 0 Å². The third kappa shape index (κ3) is 2.79. The number of nitrogens with one attached hydrogen (secondary N) is 1. The molecule has 2 rings (SSSR count). The van der Waals surface area contributed by atoms with Gasteiger partial charge in [0, 0.05) is 5.56 Å². The average molecular weight is 234 g/mol. The fourth-order valence-corrected chi connectivity index (χ4v) is 2.64. The average Bonchev–Trinajstić information content (AvgIpc) is 2.55. The van der Waals surface area contributed by atoms with E-state index in [0.29, 0.717) is 0 Å². The van der Waals surface area contributed by atoms with Gasteiger partial charge in [-0.2, -0.15) is 0 Å². The van der Waals surface area contributed by atoms with Gasteiger partial charge in [-0.25, -0.2) is 5.43 Å². The maximum absolute atomic E-state index is 5.73. The van der Waals surface area contributed by atoms with Crippen molar-refractivity contribution in [2.45, 2.75) is 52.0 Å². The standard InChI is InChI=1S/C14H22N2O/c1-10-9-13(11(2)17-10)14(16-15)12-7-5-3-4-6-8-12/h7,9,14,16H,3-6,8,15H2,1-2H3. The van der Waals surface area contributed by atoms with E-state index in [1.807, 2.05) is 13.8 Å². The number of furan rings is 1. The predicted molar refractivity (Wildman–Crippen MR) is 69.4 cm³/mol. The molecular formula is C14H22N2O. The summed E-state index contributed by atoms with van der Waals surface area (Å²) in [5.41, 5.74) is 5.53. The highest BCUT2D eigenvalue weighted by atomic mass is 16.3. The first-order chi connectivity index (χ1) is 8.22. The van der Waals surface area contributed by atoms with Gasteiger partial charge < -0.3 is 4.42 Å². The Hall–Kier alpha value is -1.06. The molecule has 1 heterocycles. The normalized spacial score (nSPS) is 18.6. The van der Waals surface area contributed by atoms with Crippen molar-refractivity contribution in [2.75, 3.05) is 0 Å². The van der Waals surface area contributed by atoms with E-state index in [-0.39, 0.29) is 6.04 Å². The van der Waals surface area contributed by atoms with Crippen molar-refractivity contribution in [2.24, 2.45) is 5.84 Å². The second kappa shape index (κ2) is 5.52. The van der Waals surface area contributed by atoms with Gasteiger partial charge in [0.15, 0.2) is 0 Å². The van der Waals surface area contributed by atoms with Crippen LogP contribution in [-0.2, 0) is 0 Å². The van der Waals surface area contributed by atoms with Crippen molar-refractivity contribution < 1.29 is 4.42 Å². The molecule has 3 heteroatoms. The molecule has 0 fully saturated rings. The van der Waals surface area contributed by atoms with Crippen LogP contribution in [0.15, 0.2) is 22.1 Å². The minimum absolute atomic E-state index is 0.116. The monoisotopic (exact) mass is 234 g/mol. The fraction of sp³-hybridized carbons (Fsp3) is 0.571. The molecule has 0 radical (unpaired) electrons. The van der Waals surface area contributed by atoms with E-state index in [0.717, 1.165) is 17.9 Å². The molecule has 94 valence electrons. The van der Waals surface area contributed by atoms with Gasteiger partial charge >= 0.3 is 0 Å². The number of rotatable bonds is 3. The Morgan fingerprint density at radius 1 is 1.29 bits per heavy atom. The molecule has 1 aromatic rings. The summed E-state index contributed by atoms with van der Waals surface area (Å²) in [6.07, 6.45) is 8.53. The van der Waals surface area contributed by atoms with E-state index in [1.165, 1.54) is 36.8 Å². The summed E-state index contributed by atoms with van der Waals surface area (Å²) in [5.74, 6) is 7.65. The predicted octanol–water partition coefficient (Wildman–Crippen LogP) is 3.29. The molecule has 0 aromatic carbocycles. The summed E-state index contributed by atoms with van der Waals surface area (Å²) in [7, 11) is 0. The topological polar surface area (TPSA) is 51.2 Å². The van der Waals surface area contributed by atoms with Crippen LogP contribution in [0.4, 0.5) is 0 Å². The SMILES string of the molecule is Cc1cc(C(NN)C2=CCCCCC2)c(C)o1. The molecule has 1 aliphatic rings. The number of allylic oxidation sites excluding steroid dienone is 1. The highest BCUT2D eigenvalue weighted by Crippen LogP contribution is 2.31. The highest BCUT2D eigenvalue weighted by Gasteiger charge is 2.20. The Morgan fingerprint density at radius 2 is 2.12 bits per heavy atom. The molecule has 3 nitrogen and oxygen atoms in total. The summed E-state index contributed by atoms with van der Waals surface area (Å²) in [5, 5.41) is 0.